The lowest BCUT2D eigenvalue weighted by Gasteiger charge is -2.14. The summed E-state index contributed by atoms with van der Waals surface area (Å²) in [6, 6.07) is 9.16. The zero-order valence-corrected chi connectivity index (χ0v) is 16.7. The molecule has 8 nitrogen and oxygen atoms in total. The predicted octanol–water partition coefficient (Wildman–Crippen LogP) is 3.18. The second-order valence-corrected chi connectivity index (χ2v) is 7.18. The molecular formula is C21H23N5O3. The molecule has 0 spiro atoms. The molecule has 1 aliphatic heterocycles. The molecule has 3 aromatic rings. The molecule has 1 aliphatic rings. The Labute approximate surface area is 168 Å². The summed E-state index contributed by atoms with van der Waals surface area (Å²) >= 11 is 0. The zero-order chi connectivity index (χ0) is 20.5. The summed E-state index contributed by atoms with van der Waals surface area (Å²) < 4.78 is 6.80. The summed E-state index contributed by atoms with van der Waals surface area (Å²) in [5.74, 6) is -0.0957. The fraction of sp³-hybridized carbons (Fsp3) is 0.333. The van der Waals surface area contributed by atoms with E-state index in [0.29, 0.717) is 37.4 Å². The van der Waals surface area contributed by atoms with Gasteiger partial charge in [0, 0.05) is 35.2 Å². The second kappa shape index (κ2) is 7.54. The van der Waals surface area contributed by atoms with Crippen LogP contribution in [0.1, 0.15) is 29.1 Å². The predicted molar refractivity (Wildman–Crippen MR) is 109 cm³/mol. The zero-order valence-electron chi connectivity index (χ0n) is 16.7. The van der Waals surface area contributed by atoms with Crippen molar-refractivity contribution in [2.45, 2.75) is 33.6 Å². The van der Waals surface area contributed by atoms with Gasteiger partial charge in [0.1, 0.15) is 6.61 Å². The summed E-state index contributed by atoms with van der Waals surface area (Å²) in [4.78, 5) is 30.4. The normalized spacial score (nSPS) is 13.8. The summed E-state index contributed by atoms with van der Waals surface area (Å²) in [5, 5.41) is 7.38. The molecule has 0 aliphatic carbocycles. The second-order valence-electron chi connectivity index (χ2n) is 7.18. The third kappa shape index (κ3) is 3.78. The molecule has 2 amide bonds. The number of amides is 2. The van der Waals surface area contributed by atoms with E-state index in [4.69, 9.17) is 4.74 Å². The van der Waals surface area contributed by atoms with Crippen LogP contribution in [0.25, 0.3) is 5.65 Å². The molecule has 1 fully saturated rings. The number of carbonyl (C=O) groups is 2. The fourth-order valence-corrected chi connectivity index (χ4v) is 3.64. The molecule has 29 heavy (non-hydrogen) atoms. The lowest BCUT2D eigenvalue weighted by atomic mass is 10.1. The molecule has 3 heterocycles. The topological polar surface area (TPSA) is 88.8 Å². The number of rotatable bonds is 5. The van der Waals surface area contributed by atoms with Crippen LogP contribution in [0.2, 0.25) is 0 Å². The van der Waals surface area contributed by atoms with Crippen LogP contribution in [0.5, 0.6) is 0 Å². The Morgan fingerprint density at radius 1 is 1.24 bits per heavy atom. The van der Waals surface area contributed by atoms with E-state index in [2.05, 4.69) is 15.4 Å². The van der Waals surface area contributed by atoms with E-state index >= 15 is 0 Å². The Morgan fingerprint density at radius 2 is 2.07 bits per heavy atom. The number of fused-ring (bicyclic) bond motifs is 1. The molecule has 0 radical (unpaired) electrons. The van der Waals surface area contributed by atoms with Crippen molar-refractivity contribution in [3.05, 3.63) is 53.0 Å². The van der Waals surface area contributed by atoms with Crippen LogP contribution in [-0.4, -0.2) is 39.8 Å². The third-order valence-corrected chi connectivity index (χ3v) is 5.09. The van der Waals surface area contributed by atoms with Crippen molar-refractivity contribution in [2.75, 3.05) is 23.4 Å². The van der Waals surface area contributed by atoms with Gasteiger partial charge < -0.3 is 10.1 Å². The number of aromatic nitrogens is 3. The highest BCUT2D eigenvalue weighted by molar-refractivity contribution is 5.93. The van der Waals surface area contributed by atoms with Crippen molar-refractivity contribution >= 4 is 29.0 Å². The van der Waals surface area contributed by atoms with Gasteiger partial charge in [-0.05, 0) is 51.0 Å². The standard InChI is InChI=1S/C21H23N5O3/c1-13-11-19-22-14(2)18(15(3)26(19)24-13)7-8-20(27)23-16-5-4-6-17(12-16)25-9-10-29-21(25)28/h4-6,11-12H,7-10H2,1-3H3,(H,23,27). The minimum atomic E-state index is -0.365. The number of anilines is 2. The Bertz CT molecular complexity index is 1110. The Kier molecular flexibility index (Phi) is 4.92. The van der Waals surface area contributed by atoms with E-state index < -0.39 is 0 Å². The molecule has 1 N–H and O–H groups in total. The number of hydrogen-bond donors (Lipinski definition) is 1. The SMILES string of the molecule is Cc1cc2nc(C)c(CCC(=O)Nc3cccc(N4CCOC4=O)c3)c(C)n2n1. The van der Waals surface area contributed by atoms with E-state index in [1.807, 2.05) is 43.5 Å². The van der Waals surface area contributed by atoms with Crippen LogP contribution in [0.3, 0.4) is 0 Å². The molecule has 1 saturated heterocycles. The maximum absolute atomic E-state index is 12.5. The van der Waals surface area contributed by atoms with Gasteiger partial charge in [-0.25, -0.2) is 14.3 Å². The van der Waals surface area contributed by atoms with E-state index in [-0.39, 0.29) is 12.0 Å². The largest absolute Gasteiger partial charge is 0.447 e. The average molecular weight is 393 g/mol. The van der Waals surface area contributed by atoms with E-state index in [1.165, 1.54) is 0 Å². The van der Waals surface area contributed by atoms with Crippen LogP contribution in [0.15, 0.2) is 30.3 Å². The molecular weight excluding hydrogens is 370 g/mol. The van der Waals surface area contributed by atoms with Crippen molar-refractivity contribution in [2.24, 2.45) is 0 Å². The number of aryl methyl sites for hydroxylation is 3. The highest BCUT2D eigenvalue weighted by Gasteiger charge is 2.23. The quantitative estimate of drug-likeness (QED) is 0.719. The van der Waals surface area contributed by atoms with Crippen LogP contribution >= 0.6 is 0 Å². The molecule has 0 atom stereocenters. The molecule has 2 aromatic heterocycles. The smallest absolute Gasteiger partial charge is 0.414 e. The molecule has 0 bridgehead atoms. The number of ether oxygens (including phenoxy) is 1. The monoisotopic (exact) mass is 393 g/mol. The number of nitrogens with zero attached hydrogens (tertiary/aromatic N) is 4. The molecule has 8 heteroatoms. The average Bonchev–Trinajstić information content (AvgIpc) is 3.26. The van der Waals surface area contributed by atoms with Crippen LogP contribution in [0.4, 0.5) is 16.2 Å². The third-order valence-electron chi connectivity index (χ3n) is 5.09. The number of nitrogens with one attached hydrogen (secondary N) is 1. The fourth-order valence-electron chi connectivity index (χ4n) is 3.64. The van der Waals surface area contributed by atoms with Crippen molar-refractivity contribution in [1.82, 2.24) is 14.6 Å². The minimum Gasteiger partial charge on any atom is -0.447 e. The van der Waals surface area contributed by atoms with Crippen LogP contribution in [0, 0.1) is 20.8 Å². The summed E-state index contributed by atoms with van der Waals surface area (Å²) in [5.41, 5.74) is 6.04. The molecule has 1 aromatic carbocycles. The highest BCUT2D eigenvalue weighted by Crippen LogP contribution is 2.23. The van der Waals surface area contributed by atoms with Gasteiger partial charge >= 0.3 is 6.09 Å². The first-order valence-corrected chi connectivity index (χ1v) is 9.59. The highest BCUT2D eigenvalue weighted by atomic mass is 16.6. The maximum atomic E-state index is 12.5. The molecule has 150 valence electrons. The van der Waals surface area contributed by atoms with Gasteiger partial charge in [0.15, 0.2) is 5.65 Å². The van der Waals surface area contributed by atoms with Gasteiger partial charge in [0.2, 0.25) is 5.91 Å². The Morgan fingerprint density at radius 3 is 2.83 bits per heavy atom. The van der Waals surface area contributed by atoms with Crippen LogP contribution < -0.4 is 10.2 Å². The van der Waals surface area contributed by atoms with Crippen molar-refractivity contribution in [1.29, 1.82) is 0 Å². The molecule has 0 saturated carbocycles. The van der Waals surface area contributed by atoms with E-state index in [0.717, 1.165) is 28.3 Å². The lowest BCUT2D eigenvalue weighted by molar-refractivity contribution is -0.116. The number of hydrogen-bond acceptors (Lipinski definition) is 5. The Balaban J connectivity index is 1.44. The van der Waals surface area contributed by atoms with E-state index in [9.17, 15) is 9.59 Å². The Hall–Kier alpha value is -3.42. The number of benzene rings is 1. The molecule has 4 rings (SSSR count). The lowest BCUT2D eigenvalue weighted by Crippen LogP contribution is -2.23. The van der Waals surface area contributed by atoms with E-state index in [1.54, 1.807) is 17.0 Å². The molecule has 0 unspecified atom stereocenters. The van der Waals surface area contributed by atoms with Crippen molar-refractivity contribution < 1.29 is 14.3 Å². The first-order chi connectivity index (χ1) is 13.9. The minimum absolute atomic E-state index is 0.0957. The van der Waals surface area contributed by atoms with Gasteiger partial charge in [-0.1, -0.05) is 6.07 Å². The first kappa shape index (κ1) is 18.9. The summed E-state index contributed by atoms with van der Waals surface area (Å²) in [6.07, 6.45) is 0.533. The van der Waals surface area contributed by atoms with Gasteiger partial charge in [0.05, 0.1) is 12.2 Å². The van der Waals surface area contributed by atoms with Crippen molar-refractivity contribution in [3.63, 3.8) is 0 Å². The maximum Gasteiger partial charge on any atom is 0.414 e. The summed E-state index contributed by atoms with van der Waals surface area (Å²) in [7, 11) is 0. The van der Waals surface area contributed by atoms with Gasteiger partial charge in [-0.3, -0.25) is 9.69 Å². The number of carbonyl (C=O) groups excluding carboxylic acids is 2. The van der Waals surface area contributed by atoms with Gasteiger partial charge in [-0.2, -0.15) is 5.10 Å². The van der Waals surface area contributed by atoms with Gasteiger partial charge in [0.25, 0.3) is 0 Å². The first-order valence-electron chi connectivity index (χ1n) is 9.59. The van der Waals surface area contributed by atoms with Gasteiger partial charge in [-0.15, -0.1) is 0 Å². The summed E-state index contributed by atoms with van der Waals surface area (Å²) in [6.45, 7) is 6.78. The van der Waals surface area contributed by atoms with Crippen LogP contribution in [-0.2, 0) is 16.0 Å². The number of cyclic esters (lactones) is 1. The van der Waals surface area contributed by atoms with Crippen molar-refractivity contribution in [3.8, 4) is 0 Å².